The Kier molecular flexibility index (Phi) is 7.49. The van der Waals surface area contributed by atoms with Gasteiger partial charge >= 0.3 is 0 Å². The van der Waals surface area contributed by atoms with E-state index in [1.54, 1.807) is 12.1 Å². The zero-order valence-corrected chi connectivity index (χ0v) is 27.9. The van der Waals surface area contributed by atoms with Crippen LogP contribution in [0.25, 0.3) is 10.8 Å². The summed E-state index contributed by atoms with van der Waals surface area (Å²) in [5, 5.41) is 0.808. The Hall–Kier alpha value is -3.88. The molecular formula is C36H34N2O4S2. The van der Waals surface area contributed by atoms with Crippen molar-refractivity contribution in [3.63, 3.8) is 0 Å². The van der Waals surface area contributed by atoms with Gasteiger partial charge in [-0.05, 0) is 87.4 Å². The number of benzene rings is 4. The van der Waals surface area contributed by atoms with Gasteiger partial charge in [0.25, 0.3) is 23.6 Å². The molecule has 8 heteroatoms. The van der Waals surface area contributed by atoms with Gasteiger partial charge in [0.1, 0.15) is 0 Å². The first-order valence-electron chi connectivity index (χ1n) is 14.8. The second-order valence-corrected chi connectivity index (χ2v) is 14.2. The number of carbonyl (C=O) groups excluding carboxylic acids is 4. The van der Waals surface area contributed by atoms with Gasteiger partial charge in [-0.25, -0.2) is 9.80 Å². The van der Waals surface area contributed by atoms with Crippen molar-refractivity contribution in [2.75, 3.05) is 21.3 Å². The maximum atomic E-state index is 14.5. The highest BCUT2D eigenvalue weighted by Gasteiger charge is 2.44. The van der Waals surface area contributed by atoms with Crippen LogP contribution in [0.15, 0.2) is 46.2 Å². The summed E-state index contributed by atoms with van der Waals surface area (Å²) >= 11 is 2.92. The molecule has 0 radical (unpaired) electrons. The number of carbonyl (C=O) groups is 4. The van der Waals surface area contributed by atoms with E-state index in [9.17, 15) is 19.2 Å². The number of anilines is 2. The Morgan fingerprint density at radius 1 is 0.500 bits per heavy atom. The molecule has 0 atom stereocenters. The first-order valence-corrected chi connectivity index (χ1v) is 16.7. The van der Waals surface area contributed by atoms with E-state index in [1.807, 2.05) is 79.7 Å². The predicted octanol–water partition coefficient (Wildman–Crippen LogP) is 8.52. The predicted molar refractivity (Wildman–Crippen MR) is 180 cm³/mol. The van der Waals surface area contributed by atoms with Gasteiger partial charge in [0, 0.05) is 20.6 Å². The van der Waals surface area contributed by atoms with E-state index < -0.39 is 23.6 Å². The highest BCUT2D eigenvalue weighted by atomic mass is 32.2. The number of rotatable bonds is 6. The standard InChI is InChI=1S/C36H34N2O4S2/c1-9-43-25-15-23-28-27-24(34(40)37(35(41)29(25)27)31-19(5)11-17(3)12-20(31)6)16-26(44-10-2)30(28)36(42)38(33(23)39)32-21(7)13-18(4)14-22(32)8/h11-16H,9-10H2,1-8H3. The smallest absolute Gasteiger partial charge is 0.267 e. The molecule has 0 unspecified atom stereocenters. The van der Waals surface area contributed by atoms with E-state index in [4.69, 9.17) is 0 Å². The molecule has 0 N–H and O–H groups in total. The van der Waals surface area contributed by atoms with Crippen LogP contribution in [0.3, 0.4) is 0 Å². The summed E-state index contributed by atoms with van der Waals surface area (Å²) in [6.45, 7) is 15.6. The van der Waals surface area contributed by atoms with Crippen LogP contribution in [0, 0.1) is 41.5 Å². The number of amides is 4. The van der Waals surface area contributed by atoms with Gasteiger partial charge in [-0.3, -0.25) is 19.2 Å². The molecule has 2 aliphatic heterocycles. The van der Waals surface area contributed by atoms with Crippen molar-refractivity contribution >= 4 is 69.3 Å². The van der Waals surface area contributed by atoms with Crippen molar-refractivity contribution in [3.05, 3.63) is 92.0 Å². The fraction of sp³-hybridized carbons (Fsp3) is 0.278. The maximum Gasteiger partial charge on any atom is 0.267 e. The summed E-state index contributed by atoms with van der Waals surface area (Å²) in [6.07, 6.45) is 0. The average Bonchev–Trinajstić information content (AvgIpc) is 2.93. The van der Waals surface area contributed by atoms with Crippen LogP contribution in [-0.4, -0.2) is 35.1 Å². The molecular weight excluding hydrogens is 589 g/mol. The first-order chi connectivity index (χ1) is 20.9. The molecule has 224 valence electrons. The van der Waals surface area contributed by atoms with E-state index in [-0.39, 0.29) is 0 Å². The summed E-state index contributed by atoms with van der Waals surface area (Å²) in [4.78, 5) is 61.7. The van der Waals surface area contributed by atoms with Gasteiger partial charge in [-0.2, -0.15) is 0 Å². The van der Waals surface area contributed by atoms with Crippen molar-refractivity contribution in [1.29, 1.82) is 0 Å². The Balaban J connectivity index is 1.71. The van der Waals surface area contributed by atoms with E-state index in [2.05, 4.69) is 0 Å². The average molecular weight is 623 g/mol. The summed E-state index contributed by atoms with van der Waals surface area (Å²) in [5.41, 5.74) is 7.98. The lowest BCUT2D eigenvalue weighted by atomic mass is 9.84. The van der Waals surface area contributed by atoms with Gasteiger partial charge < -0.3 is 0 Å². The van der Waals surface area contributed by atoms with Gasteiger partial charge in [0.05, 0.1) is 33.6 Å². The molecule has 0 fully saturated rings. The molecule has 2 heterocycles. The minimum absolute atomic E-state index is 0.338. The molecule has 6 rings (SSSR count). The largest absolute Gasteiger partial charge is 0.268 e. The topological polar surface area (TPSA) is 74.8 Å². The van der Waals surface area contributed by atoms with Crippen LogP contribution < -0.4 is 9.80 Å². The number of hydrogen-bond donors (Lipinski definition) is 0. The summed E-state index contributed by atoms with van der Waals surface area (Å²) in [6, 6.07) is 11.4. The van der Waals surface area contributed by atoms with E-state index >= 15 is 0 Å². The molecule has 0 bridgehead atoms. The second-order valence-electron chi connectivity index (χ2n) is 11.6. The third-order valence-corrected chi connectivity index (χ3v) is 10.2. The third kappa shape index (κ3) is 4.33. The number of aryl methyl sites for hydroxylation is 6. The minimum atomic E-state index is -0.445. The zero-order chi connectivity index (χ0) is 31.8. The fourth-order valence-electron chi connectivity index (χ4n) is 6.99. The van der Waals surface area contributed by atoms with Gasteiger partial charge in [-0.15, -0.1) is 23.5 Å². The van der Waals surface area contributed by atoms with Crippen LogP contribution in [-0.2, 0) is 0 Å². The number of imide groups is 2. The van der Waals surface area contributed by atoms with Crippen molar-refractivity contribution in [2.45, 2.75) is 65.2 Å². The fourth-order valence-corrected chi connectivity index (χ4v) is 8.68. The number of thioether (sulfide) groups is 2. The molecule has 0 saturated heterocycles. The minimum Gasteiger partial charge on any atom is -0.268 e. The summed E-state index contributed by atoms with van der Waals surface area (Å²) < 4.78 is 0. The molecule has 0 spiro atoms. The van der Waals surface area contributed by atoms with Crippen molar-refractivity contribution < 1.29 is 19.2 Å². The third-order valence-electron chi connectivity index (χ3n) is 8.35. The monoisotopic (exact) mass is 622 g/mol. The van der Waals surface area contributed by atoms with Gasteiger partial charge in [0.15, 0.2) is 0 Å². The lowest BCUT2D eigenvalue weighted by Gasteiger charge is -2.35. The van der Waals surface area contributed by atoms with Gasteiger partial charge in [-0.1, -0.05) is 49.2 Å². The zero-order valence-electron chi connectivity index (χ0n) is 26.2. The molecule has 0 aliphatic carbocycles. The number of nitrogens with zero attached hydrogens (tertiary/aromatic N) is 2. The molecule has 4 aromatic rings. The van der Waals surface area contributed by atoms with Crippen LogP contribution in [0.4, 0.5) is 11.4 Å². The molecule has 0 saturated carbocycles. The molecule has 4 amide bonds. The highest BCUT2D eigenvalue weighted by Crippen LogP contribution is 2.48. The van der Waals surface area contributed by atoms with Gasteiger partial charge in [0.2, 0.25) is 0 Å². The highest BCUT2D eigenvalue weighted by molar-refractivity contribution is 7.99. The lowest BCUT2D eigenvalue weighted by Crippen LogP contribution is -2.45. The molecule has 4 aromatic carbocycles. The van der Waals surface area contributed by atoms with Crippen molar-refractivity contribution in [3.8, 4) is 0 Å². The Morgan fingerprint density at radius 2 is 0.818 bits per heavy atom. The van der Waals surface area contributed by atoms with Crippen molar-refractivity contribution in [1.82, 2.24) is 0 Å². The summed E-state index contributed by atoms with van der Waals surface area (Å²) in [5.74, 6) is -0.455. The Morgan fingerprint density at radius 3 is 1.11 bits per heavy atom. The SMILES string of the molecule is CCSc1cc2c3c(c(SCC)cc4c3c1C(=O)N(c1c(C)cc(C)cc1C)C4=O)C(=O)N(c1c(C)cc(C)cc1C)C2=O. The molecule has 44 heavy (non-hydrogen) atoms. The van der Waals surface area contributed by atoms with E-state index in [0.29, 0.717) is 65.7 Å². The second kappa shape index (κ2) is 10.9. The number of hydrogen-bond acceptors (Lipinski definition) is 6. The normalized spacial score (nSPS) is 14.4. The summed E-state index contributed by atoms with van der Waals surface area (Å²) in [7, 11) is 0. The lowest BCUT2D eigenvalue weighted by molar-refractivity contribution is 0.0870. The first kappa shape index (κ1) is 30.2. The van der Waals surface area contributed by atoms with Crippen molar-refractivity contribution in [2.24, 2.45) is 0 Å². The quantitative estimate of drug-likeness (QED) is 0.159. The molecule has 2 aliphatic rings. The Labute approximate surface area is 266 Å². The van der Waals surface area contributed by atoms with Crippen LogP contribution >= 0.6 is 23.5 Å². The maximum absolute atomic E-state index is 14.5. The van der Waals surface area contributed by atoms with Crippen LogP contribution in [0.1, 0.15) is 88.7 Å². The van der Waals surface area contributed by atoms with Crippen LogP contribution in [0.5, 0.6) is 0 Å². The Bertz CT molecular complexity index is 1810. The van der Waals surface area contributed by atoms with E-state index in [1.165, 1.54) is 33.3 Å². The van der Waals surface area contributed by atoms with Crippen LogP contribution in [0.2, 0.25) is 0 Å². The molecule has 0 aromatic heterocycles. The molecule has 6 nitrogen and oxygen atoms in total. The van der Waals surface area contributed by atoms with E-state index in [0.717, 1.165) is 33.4 Å².